The van der Waals surface area contributed by atoms with Crippen molar-refractivity contribution in [2.75, 3.05) is 13.7 Å². The van der Waals surface area contributed by atoms with Crippen LogP contribution in [0.1, 0.15) is 5.56 Å². The summed E-state index contributed by atoms with van der Waals surface area (Å²) in [5, 5.41) is 13.0. The zero-order chi connectivity index (χ0) is 22.4. The van der Waals surface area contributed by atoms with Crippen molar-refractivity contribution in [1.29, 1.82) is 0 Å². The highest BCUT2D eigenvalue weighted by Gasteiger charge is 2.22. The maximum atomic E-state index is 12.5. The number of esters is 1. The van der Waals surface area contributed by atoms with Gasteiger partial charge in [0.15, 0.2) is 18.1 Å². The Morgan fingerprint density at radius 1 is 1.06 bits per heavy atom. The number of hydrogen-bond acceptors (Lipinski definition) is 7. The van der Waals surface area contributed by atoms with Crippen molar-refractivity contribution in [2.45, 2.75) is 13.2 Å². The van der Waals surface area contributed by atoms with Crippen LogP contribution in [0.2, 0.25) is 0 Å². The fourth-order valence-electron chi connectivity index (χ4n) is 2.88. The number of benzene rings is 3. The molecule has 0 bridgehead atoms. The molecule has 0 unspecified atom stereocenters. The van der Waals surface area contributed by atoms with Crippen molar-refractivity contribution in [3.05, 3.63) is 70.3 Å². The van der Waals surface area contributed by atoms with Gasteiger partial charge in [-0.25, -0.2) is 4.79 Å². The van der Waals surface area contributed by atoms with Gasteiger partial charge >= 0.3 is 12.6 Å². The molecule has 8 nitrogen and oxygen atoms in total. The summed E-state index contributed by atoms with van der Waals surface area (Å²) in [6, 6.07) is 14.7. The van der Waals surface area contributed by atoms with Crippen LogP contribution in [0.15, 0.2) is 54.6 Å². The Morgan fingerprint density at radius 3 is 2.52 bits per heavy atom. The Hall–Kier alpha value is -3.95. The van der Waals surface area contributed by atoms with Gasteiger partial charge in [-0.2, -0.15) is 8.78 Å². The normalized spacial score (nSPS) is 10.7. The molecule has 10 heteroatoms. The number of nitro groups is 1. The number of alkyl halides is 2. The molecule has 0 N–H and O–H groups in total. The van der Waals surface area contributed by atoms with Crippen LogP contribution in [-0.2, 0) is 16.1 Å². The van der Waals surface area contributed by atoms with E-state index >= 15 is 0 Å². The third-order valence-electron chi connectivity index (χ3n) is 4.26. The average Bonchev–Trinajstić information content (AvgIpc) is 2.75. The summed E-state index contributed by atoms with van der Waals surface area (Å²) in [4.78, 5) is 22.6. The summed E-state index contributed by atoms with van der Waals surface area (Å²) in [5.74, 6) is -0.951. The van der Waals surface area contributed by atoms with Crippen molar-refractivity contribution in [3.63, 3.8) is 0 Å². The van der Waals surface area contributed by atoms with Crippen molar-refractivity contribution >= 4 is 22.4 Å². The lowest BCUT2D eigenvalue weighted by Crippen LogP contribution is -2.15. The van der Waals surface area contributed by atoms with E-state index in [9.17, 15) is 23.7 Å². The lowest BCUT2D eigenvalue weighted by molar-refractivity contribution is -0.386. The van der Waals surface area contributed by atoms with E-state index in [2.05, 4.69) is 4.74 Å². The Bertz CT molecular complexity index is 1100. The standard InChI is InChI=1S/C21H17F2NO7/c1-28-18-9-14(16(24(26)27)10-19(18)31-21(22)23)11-30-20(25)12-29-17-8-4-6-13-5-2-3-7-15(13)17/h2-10,21H,11-12H2,1H3. The number of nitro benzene ring substituents is 1. The van der Waals surface area contributed by atoms with Crippen molar-refractivity contribution in [2.24, 2.45) is 0 Å². The first-order valence-electron chi connectivity index (χ1n) is 8.95. The largest absolute Gasteiger partial charge is 0.493 e. The van der Waals surface area contributed by atoms with Crippen LogP contribution in [0.5, 0.6) is 17.2 Å². The number of hydrogen-bond donors (Lipinski definition) is 0. The molecule has 0 aliphatic rings. The van der Waals surface area contributed by atoms with Crippen molar-refractivity contribution in [3.8, 4) is 17.2 Å². The third-order valence-corrected chi connectivity index (χ3v) is 4.26. The van der Waals surface area contributed by atoms with Gasteiger partial charge in [0.2, 0.25) is 0 Å². The van der Waals surface area contributed by atoms with E-state index in [1.54, 1.807) is 12.1 Å². The molecular weight excluding hydrogens is 416 g/mol. The highest BCUT2D eigenvalue weighted by molar-refractivity contribution is 5.88. The van der Waals surface area contributed by atoms with Crippen LogP contribution in [0.25, 0.3) is 10.8 Å². The number of ether oxygens (including phenoxy) is 4. The summed E-state index contributed by atoms with van der Waals surface area (Å²) >= 11 is 0. The first-order valence-corrected chi connectivity index (χ1v) is 8.95. The molecule has 162 valence electrons. The SMILES string of the molecule is COc1cc(COC(=O)COc2cccc3ccccc23)c([N+](=O)[O-])cc1OC(F)F. The first-order chi connectivity index (χ1) is 14.9. The Balaban J connectivity index is 1.69. The molecule has 0 aromatic heterocycles. The molecule has 0 aliphatic heterocycles. The number of rotatable bonds is 9. The van der Waals surface area contributed by atoms with Crippen LogP contribution < -0.4 is 14.2 Å². The zero-order valence-corrected chi connectivity index (χ0v) is 16.2. The molecule has 0 spiro atoms. The summed E-state index contributed by atoms with van der Waals surface area (Å²) in [6.07, 6.45) is 0. The smallest absolute Gasteiger partial charge is 0.387 e. The number of nitrogens with zero attached hydrogens (tertiary/aromatic N) is 1. The molecule has 3 aromatic carbocycles. The molecule has 0 fully saturated rings. The lowest BCUT2D eigenvalue weighted by Gasteiger charge is -2.13. The zero-order valence-electron chi connectivity index (χ0n) is 16.2. The van der Waals surface area contributed by atoms with E-state index in [-0.39, 0.29) is 11.3 Å². The van der Waals surface area contributed by atoms with Gasteiger partial charge in [-0.3, -0.25) is 10.1 Å². The quantitative estimate of drug-likeness (QED) is 0.279. The van der Waals surface area contributed by atoms with Crippen LogP contribution in [0.3, 0.4) is 0 Å². The minimum absolute atomic E-state index is 0.0537. The van der Waals surface area contributed by atoms with Crippen molar-refractivity contribution in [1.82, 2.24) is 0 Å². The Labute approximate surface area is 175 Å². The maximum absolute atomic E-state index is 12.5. The maximum Gasteiger partial charge on any atom is 0.387 e. The van der Waals surface area contributed by atoms with Gasteiger partial charge in [0.25, 0.3) is 5.69 Å². The first kappa shape index (κ1) is 21.8. The van der Waals surface area contributed by atoms with E-state index in [0.29, 0.717) is 5.75 Å². The molecule has 3 rings (SSSR count). The van der Waals surface area contributed by atoms with Gasteiger partial charge in [-0.1, -0.05) is 36.4 Å². The van der Waals surface area contributed by atoms with E-state index < -0.39 is 42.2 Å². The third kappa shape index (κ3) is 5.35. The minimum Gasteiger partial charge on any atom is -0.493 e. The van der Waals surface area contributed by atoms with Gasteiger partial charge in [0, 0.05) is 5.39 Å². The molecule has 0 radical (unpaired) electrons. The molecule has 0 saturated heterocycles. The van der Waals surface area contributed by atoms with Gasteiger partial charge in [-0.05, 0) is 17.5 Å². The van der Waals surface area contributed by atoms with E-state index in [1.165, 1.54) is 7.11 Å². The Morgan fingerprint density at radius 2 is 1.81 bits per heavy atom. The summed E-state index contributed by atoms with van der Waals surface area (Å²) in [6.45, 7) is -4.10. The van der Waals surface area contributed by atoms with Gasteiger partial charge in [0.05, 0.1) is 23.7 Å². The monoisotopic (exact) mass is 433 g/mol. The van der Waals surface area contributed by atoms with Gasteiger partial charge in [0.1, 0.15) is 12.4 Å². The molecule has 3 aromatic rings. The van der Waals surface area contributed by atoms with E-state index in [1.807, 2.05) is 30.3 Å². The molecular formula is C21H17F2NO7. The second-order valence-electron chi connectivity index (χ2n) is 6.19. The molecule has 0 atom stereocenters. The summed E-state index contributed by atoms with van der Waals surface area (Å²) in [5.41, 5.74) is -0.610. The highest BCUT2D eigenvalue weighted by atomic mass is 19.3. The predicted molar refractivity (Wildman–Crippen MR) is 106 cm³/mol. The number of methoxy groups -OCH3 is 1. The number of halogens is 2. The van der Waals surface area contributed by atoms with Gasteiger partial charge in [-0.15, -0.1) is 0 Å². The van der Waals surface area contributed by atoms with Crippen LogP contribution >= 0.6 is 0 Å². The number of fused-ring (bicyclic) bond motifs is 1. The fourth-order valence-corrected chi connectivity index (χ4v) is 2.88. The molecule has 0 amide bonds. The number of carbonyl (C=O) groups is 1. The highest BCUT2D eigenvalue weighted by Crippen LogP contribution is 2.36. The topological polar surface area (TPSA) is 97.1 Å². The molecule has 0 saturated carbocycles. The number of carbonyl (C=O) groups excluding carboxylic acids is 1. The van der Waals surface area contributed by atoms with E-state index in [0.717, 1.165) is 22.9 Å². The molecule has 0 aliphatic carbocycles. The Kier molecular flexibility index (Phi) is 6.81. The van der Waals surface area contributed by atoms with Crippen LogP contribution in [0, 0.1) is 10.1 Å². The van der Waals surface area contributed by atoms with Gasteiger partial charge < -0.3 is 18.9 Å². The average molecular weight is 433 g/mol. The van der Waals surface area contributed by atoms with E-state index in [4.69, 9.17) is 14.2 Å². The molecule has 31 heavy (non-hydrogen) atoms. The fraction of sp³-hybridized carbons (Fsp3) is 0.190. The summed E-state index contributed by atoms with van der Waals surface area (Å²) in [7, 11) is 1.19. The predicted octanol–water partition coefficient (Wildman–Crippen LogP) is 4.48. The molecule has 0 heterocycles. The van der Waals surface area contributed by atoms with Crippen LogP contribution in [-0.4, -0.2) is 31.2 Å². The minimum atomic E-state index is -3.19. The summed E-state index contributed by atoms with van der Waals surface area (Å²) < 4.78 is 44.8. The second kappa shape index (κ2) is 9.70. The van der Waals surface area contributed by atoms with Crippen molar-refractivity contribution < 1.29 is 37.4 Å². The van der Waals surface area contributed by atoms with Crippen LogP contribution in [0.4, 0.5) is 14.5 Å². The lowest BCUT2D eigenvalue weighted by atomic mass is 10.1. The second-order valence-corrected chi connectivity index (χ2v) is 6.19.